The van der Waals surface area contributed by atoms with Crippen molar-refractivity contribution in [2.24, 2.45) is 5.41 Å². The number of benzene rings is 1. The van der Waals surface area contributed by atoms with Crippen molar-refractivity contribution in [1.29, 1.82) is 0 Å². The maximum absolute atomic E-state index is 12.8. The van der Waals surface area contributed by atoms with Gasteiger partial charge in [-0.25, -0.2) is 8.42 Å². The summed E-state index contributed by atoms with van der Waals surface area (Å²) >= 11 is 1.12. The lowest BCUT2D eigenvalue weighted by Gasteiger charge is -2.37. The third-order valence-electron chi connectivity index (χ3n) is 3.92. The van der Waals surface area contributed by atoms with Gasteiger partial charge >= 0.3 is 6.18 Å². The Labute approximate surface area is 139 Å². The summed E-state index contributed by atoms with van der Waals surface area (Å²) in [5, 5.41) is 10.1. The van der Waals surface area contributed by atoms with E-state index < -0.39 is 32.6 Å². The van der Waals surface area contributed by atoms with Gasteiger partial charge in [0.15, 0.2) is 9.84 Å². The Morgan fingerprint density at radius 1 is 1.13 bits per heavy atom. The zero-order valence-corrected chi connectivity index (χ0v) is 15.3. The summed E-state index contributed by atoms with van der Waals surface area (Å²) in [6.07, 6.45) is -3.72. The van der Waals surface area contributed by atoms with E-state index in [-0.39, 0.29) is 9.79 Å². The predicted octanol–water partition coefficient (Wildman–Crippen LogP) is 4.00. The minimum atomic E-state index is -4.60. The average molecular weight is 370 g/mol. The standard InChI is InChI=1S/C15H21F3O3S2/c1-13(2,14(3,4)19)9-22-11-7-6-10(15(16,17)18)8-12(11)23(5,20)21/h6-8,19H,9H2,1-5H3. The highest BCUT2D eigenvalue weighted by Gasteiger charge is 2.36. The van der Waals surface area contributed by atoms with Crippen LogP contribution in [0.4, 0.5) is 13.2 Å². The largest absolute Gasteiger partial charge is 0.416 e. The number of alkyl halides is 3. The summed E-state index contributed by atoms with van der Waals surface area (Å²) in [7, 11) is -3.80. The van der Waals surface area contributed by atoms with Crippen LogP contribution in [0.3, 0.4) is 0 Å². The molecule has 0 aliphatic heterocycles. The lowest BCUT2D eigenvalue weighted by atomic mass is 9.79. The van der Waals surface area contributed by atoms with Crippen LogP contribution in [0.5, 0.6) is 0 Å². The second-order valence-corrected chi connectivity index (χ2v) is 9.66. The Balaban J connectivity index is 3.23. The second-order valence-electron chi connectivity index (χ2n) is 6.66. The molecule has 0 saturated carbocycles. The number of thioether (sulfide) groups is 1. The second kappa shape index (κ2) is 6.29. The molecule has 0 fully saturated rings. The van der Waals surface area contributed by atoms with Gasteiger partial charge in [-0.3, -0.25) is 0 Å². The first-order chi connectivity index (χ1) is 10.1. The molecule has 0 saturated heterocycles. The van der Waals surface area contributed by atoms with Crippen LogP contribution in [-0.4, -0.2) is 31.1 Å². The Bertz CT molecular complexity index is 672. The van der Waals surface area contributed by atoms with E-state index >= 15 is 0 Å². The molecule has 0 bridgehead atoms. The number of sulfone groups is 1. The van der Waals surface area contributed by atoms with Gasteiger partial charge in [-0.2, -0.15) is 13.2 Å². The number of rotatable bonds is 5. The SMILES string of the molecule is CC(C)(O)C(C)(C)CSc1ccc(C(F)(F)F)cc1S(C)(=O)=O. The summed E-state index contributed by atoms with van der Waals surface area (Å²) in [5.41, 5.74) is -2.57. The van der Waals surface area contributed by atoms with Gasteiger partial charge in [0.05, 0.1) is 16.1 Å². The molecule has 132 valence electrons. The van der Waals surface area contributed by atoms with Crippen molar-refractivity contribution in [3.8, 4) is 0 Å². The maximum Gasteiger partial charge on any atom is 0.416 e. The van der Waals surface area contributed by atoms with Crippen LogP contribution in [0.25, 0.3) is 0 Å². The molecule has 0 heterocycles. The van der Waals surface area contributed by atoms with Gasteiger partial charge in [0.2, 0.25) is 0 Å². The minimum Gasteiger partial charge on any atom is -0.390 e. The van der Waals surface area contributed by atoms with Gasteiger partial charge in [-0.15, -0.1) is 11.8 Å². The van der Waals surface area contributed by atoms with E-state index in [2.05, 4.69) is 0 Å². The van der Waals surface area contributed by atoms with E-state index in [9.17, 15) is 26.7 Å². The molecule has 0 aliphatic carbocycles. The molecule has 0 aromatic heterocycles. The first kappa shape index (κ1) is 20.3. The van der Waals surface area contributed by atoms with Crippen molar-refractivity contribution in [2.45, 2.75) is 49.3 Å². The molecule has 3 nitrogen and oxygen atoms in total. The fourth-order valence-corrected chi connectivity index (χ4v) is 4.17. The van der Waals surface area contributed by atoms with Crippen molar-refractivity contribution < 1.29 is 26.7 Å². The first-order valence-corrected chi connectivity index (χ1v) is 9.70. The van der Waals surface area contributed by atoms with Crippen LogP contribution < -0.4 is 0 Å². The predicted molar refractivity (Wildman–Crippen MR) is 85.4 cm³/mol. The van der Waals surface area contributed by atoms with Gasteiger partial charge < -0.3 is 5.11 Å². The molecular formula is C15H21F3O3S2. The molecule has 0 unspecified atom stereocenters. The smallest absolute Gasteiger partial charge is 0.390 e. The number of hydrogen-bond donors (Lipinski definition) is 1. The van der Waals surface area contributed by atoms with Crippen molar-refractivity contribution in [3.63, 3.8) is 0 Å². The van der Waals surface area contributed by atoms with Crippen molar-refractivity contribution >= 4 is 21.6 Å². The molecule has 1 aromatic carbocycles. The van der Waals surface area contributed by atoms with Crippen LogP contribution in [0.15, 0.2) is 28.0 Å². The molecule has 23 heavy (non-hydrogen) atoms. The first-order valence-electron chi connectivity index (χ1n) is 6.82. The van der Waals surface area contributed by atoms with Gasteiger partial charge in [-0.1, -0.05) is 13.8 Å². The lowest BCUT2D eigenvalue weighted by Crippen LogP contribution is -2.40. The zero-order valence-electron chi connectivity index (χ0n) is 13.7. The Hall–Kier alpha value is -0.730. The van der Waals surface area contributed by atoms with E-state index in [1.807, 2.05) is 13.8 Å². The summed E-state index contributed by atoms with van der Waals surface area (Å²) < 4.78 is 62.0. The van der Waals surface area contributed by atoms with E-state index in [4.69, 9.17) is 0 Å². The molecule has 0 aliphatic rings. The topological polar surface area (TPSA) is 54.4 Å². The summed E-state index contributed by atoms with van der Waals surface area (Å²) in [5.74, 6) is 0.352. The van der Waals surface area contributed by atoms with Crippen LogP contribution >= 0.6 is 11.8 Å². The zero-order chi connectivity index (χ0) is 18.3. The van der Waals surface area contributed by atoms with Gasteiger partial charge in [0.25, 0.3) is 0 Å². The highest BCUT2D eigenvalue weighted by molar-refractivity contribution is 8.00. The Morgan fingerprint density at radius 3 is 2.04 bits per heavy atom. The molecule has 0 amide bonds. The summed E-state index contributed by atoms with van der Waals surface area (Å²) in [6.45, 7) is 6.89. The highest BCUT2D eigenvalue weighted by Crippen LogP contribution is 2.40. The number of halogens is 3. The van der Waals surface area contributed by atoms with Crippen LogP contribution in [0, 0.1) is 5.41 Å². The fourth-order valence-electron chi connectivity index (χ4n) is 1.53. The van der Waals surface area contributed by atoms with E-state index in [0.29, 0.717) is 11.8 Å². The van der Waals surface area contributed by atoms with Crippen molar-refractivity contribution in [3.05, 3.63) is 23.8 Å². The lowest BCUT2D eigenvalue weighted by molar-refractivity contribution is -0.137. The van der Waals surface area contributed by atoms with E-state index in [0.717, 1.165) is 24.1 Å². The summed E-state index contributed by atoms with van der Waals surface area (Å²) in [4.78, 5) is -0.0957. The molecule has 8 heteroatoms. The molecule has 1 rings (SSSR count). The van der Waals surface area contributed by atoms with E-state index in [1.165, 1.54) is 6.07 Å². The normalized spacial score (nSPS) is 14.1. The molecule has 1 aromatic rings. The third kappa shape index (κ3) is 5.12. The fraction of sp³-hybridized carbons (Fsp3) is 0.600. The highest BCUT2D eigenvalue weighted by atomic mass is 32.2. The van der Waals surface area contributed by atoms with Crippen molar-refractivity contribution in [1.82, 2.24) is 0 Å². The quantitative estimate of drug-likeness (QED) is 0.796. The van der Waals surface area contributed by atoms with Crippen LogP contribution in [0.2, 0.25) is 0 Å². The molecule has 0 spiro atoms. The van der Waals surface area contributed by atoms with Crippen molar-refractivity contribution in [2.75, 3.05) is 12.0 Å². The van der Waals surface area contributed by atoms with Gasteiger partial charge in [0, 0.05) is 22.3 Å². The van der Waals surface area contributed by atoms with Gasteiger partial charge in [0.1, 0.15) is 0 Å². The Morgan fingerprint density at radius 2 is 1.65 bits per heavy atom. The van der Waals surface area contributed by atoms with Crippen LogP contribution in [0.1, 0.15) is 33.3 Å². The molecule has 0 atom stereocenters. The van der Waals surface area contributed by atoms with Crippen LogP contribution in [-0.2, 0) is 16.0 Å². The maximum atomic E-state index is 12.8. The number of hydrogen-bond acceptors (Lipinski definition) is 4. The average Bonchev–Trinajstić information content (AvgIpc) is 2.32. The third-order valence-corrected chi connectivity index (χ3v) is 6.71. The number of aliphatic hydroxyl groups is 1. The van der Waals surface area contributed by atoms with Gasteiger partial charge in [-0.05, 0) is 32.0 Å². The minimum absolute atomic E-state index is 0.248. The molecule has 1 N–H and O–H groups in total. The Kier molecular flexibility index (Phi) is 5.56. The molecule has 0 radical (unpaired) electrons. The van der Waals surface area contributed by atoms with E-state index in [1.54, 1.807) is 13.8 Å². The molecular weight excluding hydrogens is 349 g/mol. The summed E-state index contributed by atoms with van der Waals surface area (Å²) in [6, 6.07) is 2.70. The monoisotopic (exact) mass is 370 g/mol.